The minimum absolute atomic E-state index is 0.224. The highest BCUT2D eigenvalue weighted by Gasteiger charge is 2.11. The van der Waals surface area contributed by atoms with Crippen LogP contribution < -0.4 is 0 Å². The fraction of sp³-hybridized carbons (Fsp3) is 0.538. The molecule has 0 atom stereocenters. The van der Waals surface area contributed by atoms with Crippen LogP contribution in [0.1, 0.15) is 5.56 Å². The largest absolute Gasteiger partial charge is 0.508 e. The summed E-state index contributed by atoms with van der Waals surface area (Å²) in [6.45, 7) is 3.39. The molecule has 0 aromatic heterocycles. The van der Waals surface area contributed by atoms with Crippen LogP contribution in [0.25, 0.3) is 0 Å². The summed E-state index contributed by atoms with van der Waals surface area (Å²) in [5, 5.41) is 10.4. The fourth-order valence-corrected chi connectivity index (χ4v) is 1.87. The molecule has 4 nitrogen and oxygen atoms in total. The first-order valence-corrected chi connectivity index (χ1v) is 6.23. The molecule has 18 heavy (non-hydrogen) atoms. The van der Waals surface area contributed by atoms with Crippen LogP contribution in [-0.4, -0.2) is 50.5 Å². The molecule has 102 valence electrons. The lowest BCUT2D eigenvalue weighted by molar-refractivity contribution is 0.110. The van der Waals surface area contributed by atoms with E-state index in [-0.39, 0.29) is 5.75 Å². The third-order valence-corrected chi connectivity index (χ3v) is 3.05. The molecule has 0 aliphatic carbocycles. The van der Waals surface area contributed by atoms with E-state index >= 15 is 0 Å². The monoisotopic (exact) mass is 273 g/mol. The summed E-state index contributed by atoms with van der Waals surface area (Å²) in [6.07, 6.45) is 0. The van der Waals surface area contributed by atoms with Gasteiger partial charge in [-0.25, -0.2) is 0 Å². The topological polar surface area (TPSA) is 41.9 Å². The molecule has 1 aromatic rings. The second-order valence-corrected chi connectivity index (χ2v) is 4.41. The smallest absolute Gasteiger partial charge is 0.121 e. The first-order valence-electron chi connectivity index (χ1n) is 5.85. The Kier molecular flexibility index (Phi) is 7.05. The molecule has 0 fully saturated rings. The molecule has 1 rings (SSSR count). The molecule has 0 saturated carbocycles. The maximum Gasteiger partial charge on any atom is 0.121 e. The van der Waals surface area contributed by atoms with Gasteiger partial charge in [0.1, 0.15) is 5.75 Å². The molecular formula is C13H20ClNO3. The van der Waals surface area contributed by atoms with Crippen molar-refractivity contribution in [3.63, 3.8) is 0 Å². The Bertz CT molecular complexity index is 332. The van der Waals surface area contributed by atoms with Crippen LogP contribution in [0.15, 0.2) is 18.2 Å². The van der Waals surface area contributed by atoms with Gasteiger partial charge in [0, 0.05) is 44.4 Å². The summed E-state index contributed by atoms with van der Waals surface area (Å²) in [5.41, 5.74) is 0.742. The Hall–Kier alpha value is -0.810. The quantitative estimate of drug-likeness (QED) is 0.788. The van der Waals surface area contributed by atoms with E-state index < -0.39 is 0 Å². The van der Waals surface area contributed by atoms with Crippen LogP contribution in [0, 0.1) is 0 Å². The number of hydrogen-bond donors (Lipinski definition) is 1. The van der Waals surface area contributed by atoms with Gasteiger partial charge in [0.25, 0.3) is 0 Å². The van der Waals surface area contributed by atoms with E-state index in [0.29, 0.717) is 24.8 Å². The van der Waals surface area contributed by atoms with Gasteiger partial charge in [-0.3, -0.25) is 4.90 Å². The van der Waals surface area contributed by atoms with E-state index in [2.05, 4.69) is 4.90 Å². The number of nitrogens with zero attached hydrogens (tertiary/aromatic N) is 1. The summed E-state index contributed by atoms with van der Waals surface area (Å²) in [6, 6.07) is 5.16. The summed E-state index contributed by atoms with van der Waals surface area (Å²) >= 11 is 6.09. The van der Waals surface area contributed by atoms with Crippen molar-refractivity contribution in [3.8, 4) is 5.75 Å². The van der Waals surface area contributed by atoms with Crippen LogP contribution in [0.2, 0.25) is 5.02 Å². The number of hydrogen-bond acceptors (Lipinski definition) is 4. The molecule has 0 radical (unpaired) electrons. The second kappa shape index (κ2) is 8.32. The number of benzene rings is 1. The molecule has 0 unspecified atom stereocenters. The number of methoxy groups -OCH3 is 2. The number of halogens is 1. The Morgan fingerprint density at radius 1 is 1.17 bits per heavy atom. The molecule has 0 heterocycles. The summed E-state index contributed by atoms with van der Waals surface area (Å²) in [4.78, 5) is 2.13. The predicted octanol–water partition coefficient (Wildman–Crippen LogP) is 2.14. The Morgan fingerprint density at radius 2 is 1.78 bits per heavy atom. The molecule has 5 heteroatoms. The van der Waals surface area contributed by atoms with Gasteiger partial charge in [-0.15, -0.1) is 0 Å². The lowest BCUT2D eigenvalue weighted by Gasteiger charge is -2.22. The molecule has 1 N–H and O–H groups in total. The molecule has 0 spiro atoms. The fourth-order valence-electron chi connectivity index (χ4n) is 1.64. The second-order valence-electron chi connectivity index (χ2n) is 4.00. The highest BCUT2D eigenvalue weighted by Crippen LogP contribution is 2.26. The Balaban J connectivity index is 2.68. The van der Waals surface area contributed by atoms with Crippen LogP contribution in [0.3, 0.4) is 0 Å². The van der Waals surface area contributed by atoms with Gasteiger partial charge in [-0.1, -0.05) is 17.7 Å². The molecule has 1 aromatic carbocycles. The van der Waals surface area contributed by atoms with Crippen molar-refractivity contribution in [1.82, 2.24) is 4.90 Å². The van der Waals surface area contributed by atoms with Crippen LogP contribution in [-0.2, 0) is 16.0 Å². The number of aromatic hydroxyl groups is 1. The van der Waals surface area contributed by atoms with Crippen molar-refractivity contribution in [1.29, 1.82) is 0 Å². The Morgan fingerprint density at radius 3 is 2.28 bits per heavy atom. The molecule has 0 saturated heterocycles. The SMILES string of the molecule is COCCN(CCOC)Cc1c(O)cccc1Cl. The van der Waals surface area contributed by atoms with Crippen molar-refractivity contribution in [2.24, 2.45) is 0 Å². The average molecular weight is 274 g/mol. The van der Waals surface area contributed by atoms with Crippen molar-refractivity contribution >= 4 is 11.6 Å². The summed E-state index contributed by atoms with van der Waals surface area (Å²) < 4.78 is 10.1. The van der Waals surface area contributed by atoms with E-state index in [9.17, 15) is 5.11 Å². The molecule has 0 amide bonds. The standard InChI is InChI=1S/C13H20ClNO3/c1-17-8-6-15(7-9-18-2)10-11-12(14)4-3-5-13(11)16/h3-5,16H,6-10H2,1-2H3. The number of phenols is 1. The maximum atomic E-state index is 9.82. The van der Waals surface area contributed by atoms with Gasteiger partial charge in [0.2, 0.25) is 0 Å². The predicted molar refractivity (Wildman–Crippen MR) is 72.1 cm³/mol. The van der Waals surface area contributed by atoms with Crippen LogP contribution in [0.5, 0.6) is 5.75 Å². The van der Waals surface area contributed by atoms with E-state index in [1.807, 2.05) is 0 Å². The van der Waals surface area contributed by atoms with Crippen LogP contribution >= 0.6 is 11.6 Å². The van der Waals surface area contributed by atoms with E-state index in [0.717, 1.165) is 18.7 Å². The van der Waals surface area contributed by atoms with E-state index in [4.69, 9.17) is 21.1 Å². The summed E-state index contributed by atoms with van der Waals surface area (Å²) in [5.74, 6) is 0.224. The number of rotatable bonds is 8. The number of ether oxygens (including phenoxy) is 2. The molecule has 0 aliphatic heterocycles. The minimum Gasteiger partial charge on any atom is -0.508 e. The zero-order chi connectivity index (χ0) is 13.4. The first-order chi connectivity index (χ1) is 8.69. The lowest BCUT2D eigenvalue weighted by Crippen LogP contribution is -2.30. The van der Waals surface area contributed by atoms with Crippen molar-refractivity contribution in [2.45, 2.75) is 6.54 Å². The molecule has 0 bridgehead atoms. The van der Waals surface area contributed by atoms with Crippen molar-refractivity contribution < 1.29 is 14.6 Å². The van der Waals surface area contributed by atoms with Gasteiger partial charge < -0.3 is 14.6 Å². The zero-order valence-electron chi connectivity index (χ0n) is 10.9. The zero-order valence-corrected chi connectivity index (χ0v) is 11.6. The van der Waals surface area contributed by atoms with E-state index in [1.54, 1.807) is 32.4 Å². The van der Waals surface area contributed by atoms with Crippen molar-refractivity contribution in [3.05, 3.63) is 28.8 Å². The van der Waals surface area contributed by atoms with Gasteiger partial charge in [0.15, 0.2) is 0 Å². The van der Waals surface area contributed by atoms with Gasteiger partial charge in [-0.05, 0) is 12.1 Å². The van der Waals surface area contributed by atoms with Gasteiger partial charge >= 0.3 is 0 Å². The Labute approximate surface area is 113 Å². The van der Waals surface area contributed by atoms with Crippen LogP contribution in [0.4, 0.5) is 0 Å². The molecule has 0 aliphatic rings. The first kappa shape index (κ1) is 15.2. The third kappa shape index (κ3) is 4.82. The lowest BCUT2D eigenvalue weighted by atomic mass is 10.2. The van der Waals surface area contributed by atoms with E-state index in [1.165, 1.54) is 0 Å². The average Bonchev–Trinajstić information content (AvgIpc) is 2.36. The third-order valence-electron chi connectivity index (χ3n) is 2.70. The summed E-state index contributed by atoms with van der Waals surface area (Å²) in [7, 11) is 3.34. The highest BCUT2D eigenvalue weighted by atomic mass is 35.5. The maximum absolute atomic E-state index is 9.82. The van der Waals surface area contributed by atoms with Crippen molar-refractivity contribution in [2.75, 3.05) is 40.5 Å². The number of phenolic OH excluding ortho intramolecular Hbond substituents is 1. The normalized spacial score (nSPS) is 11.1. The van der Waals surface area contributed by atoms with Gasteiger partial charge in [0.05, 0.1) is 13.2 Å². The minimum atomic E-state index is 0.224. The van der Waals surface area contributed by atoms with Gasteiger partial charge in [-0.2, -0.15) is 0 Å². The molecular weight excluding hydrogens is 254 g/mol. The highest BCUT2D eigenvalue weighted by molar-refractivity contribution is 6.31.